The fourth-order valence-corrected chi connectivity index (χ4v) is 8.25. The Labute approximate surface area is 215 Å². The lowest BCUT2D eigenvalue weighted by Gasteiger charge is -2.12. The van der Waals surface area contributed by atoms with Crippen molar-refractivity contribution >= 4 is 60.8 Å². The minimum atomic E-state index is -3.04. The summed E-state index contributed by atoms with van der Waals surface area (Å²) in [5.74, 6) is 1.51. The molecular weight excluding hydrogens is 523 g/mol. The third kappa shape index (κ3) is 6.24. The van der Waals surface area contributed by atoms with Crippen molar-refractivity contribution in [1.29, 1.82) is 0 Å². The van der Waals surface area contributed by atoms with Crippen LogP contribution < -0.4 is 5.32 Å². The molecular formula is C23H23N5O3S4. The molecule has 0 radical (unpaired) electrons. The summed E-state index contributed by atoms with van der Waals surface area (Å²) in [7, 11) is -3.04. The van der Waals surface area contributed by atoms with Gasteiger partial charge in [0.15, 0.2) is 19.3 Å². The minimum absolute atomic E-state index is 0.0146. The Balaban J connectivity index is 1.28. The van der Waals surface area contributed by atoms with Crippen LogP contribution in [0.1, 0.15) is 17.8 Å². The first-order chi connectivity index (χ1) is 16.9. The molecule has 8 nitrogen and oxygen atoms in total. The number of aromatic nitrogens is 4. The van der Waals surface area contributed by atoms with Gasteiger partial charge in [0.25, 0.3) is 0 Å². The highest BCUT2D eigenvalue weighted by Crippen LogP contribution is 2.32. The Morgan fingerprint density at radius 2 is 1.89 bits per heavy atom. The van der Waals surface area contributed by atoms with Crippen LogP contribution in [0.15, 0.2) is 64.1 Å². The molecule has 1 aliphatic rings. The summed E-state index contributed by atoms with van der Waals surface area (Å²) in [6.45, 7) is 0.592. The van der Waals surface area contributed by atoms with E-state index in [9.17, 15) is 13.2 Å². The van der Waals surface area contributed by atoms with E-state index in [1.54, 1.807) is 23.1 Å². The molecule has 5 rings (SSSR count). The average molecular weight is 546 g/mol. The number of benzene rings is 2. The van der Waals surface area contributed by atoms with Gasteiger partial charge in [-0.3, -0.25) is 4.79 Å². The standard InChI is InChI=1S/C23H23N5O3S4/c29-21(24-17-10-11-35(30,31)15-17)14-32-22-27-26-20(28(22)12-16-6-2-1-3-7-16)13-33-23-25-18-8-4-5-9-19(18)34-23/h1-9,17H,10-15H2,(H,24,29)/t17-/m1/s1. The first-order valence-electron chi connectivity index (χ1n) is 11.0. The van der Waals surface area contributed by atoms with E-state index in [0.717, 1.165) is 25.9 Å². The summed E-state index contributed by atoms with van der Waals surface area (Å²) in [5, 5.41) is 12.3. The van der Waals surface area contributed by atoms with E-state index in [1.807, 2.05) is 53.1 Å². The summed E-state index contributed by atoms with van der Waals surface area (Å²) >= 11 is 4.59. The largest absolute Gasteiger partial charge is 0.352 e. The van der Waals surface area contributed by atoms with E-state index in [-0.39, 0.29) is 29.2 Å². The maximum Gasteiger partial charge on any atom is 0.230 e. The fourth-order valence-electron chi connectivity index (χ4n) is 3.80. The van der Waals surface area contributed by atoms with Crippen molar-refractivity contribution in [3.05, 3.63) is 66.0 Å². The van der Waals surface area contributed by atoms with Gasteiger partial charge in [-0.15, -0.1) is 21.5 Å². The number of hydrogen-bond donors (Lipinski definition) is 1. The van der Waals surface area contributed by atoms with Crippen LogP contribution in [0, 0.1) is 0 Å². The summed E-state index contributed by atoms with van der Waals surface area (Å²) < 4.78 is 27.5. The number of thioether (sulfide) groups is 2. The molecule has 2 aromatic carbocycles. The highest BCUT2D eigenvalue weighted by atomic mass is 32.2. The number of rotatable bonds is 9. The molecule has 1 saturated heterocycles. The predicted molar refractivity (Wildman–Crippen MR) is 141 cm³/mol. The van der Waals surface area contributed by atoms with Crippen molar-refractivity contribution in [1.82, 2.24) is 25.1 Å². The summed E-state index contributed by atoms with van der Waals surface area (Å²) in [6.07, 6.45) is 0.468. The van der Waals surface area contributed by atoms with Crippen LogP contribution in [0.3, 0.4) is 0 Å². The molecule has 1 aliphatic heterocycles. The lowest BCUT2D eigenvalue weighted by atomic mass is 10.2. The second-order valence-electron chi connectivity index (χ2n) is 8.16. The number of para-hydroxylation sites is 1. The molecule has 0 unspecified atom stereocenters. The van der Waals surface area contributed by atoms with Gasteiger partial charge in [0.2, 0.25) is 5.91 Å². The highest BCUT2D eigenvalue weighted by Gasteiger charge is 2.29. The van der Waals surface area contributed by atoms with Gasteiger partial charge in [-0.25, -0.2) is 13.4 Å². The normalized spacial score (nSPS) is 17.1. The lowest BCUT2D eigenvalue weighted by molar-refractivity contribution is -0.119. The molecule has 3 heterocycles. The maximum absolute atomic E-state index is 12.5. The SMILES string of the molecule is O=C(CSc1nnc(CSc2nc3ccccc3s2)n1Cc1ccccc1)N[C@@H]1CCS(=O)(=O)C1. The number of nitrogens with one attached hydrogen (secondary N) is 1. The van der Waals surface area contributed by atoms with E-state index in [1.165, 1.54) is 11.8 Å². The zero-order valence-corrected chi connectivity index (χ0v) is 21.9. The van der Waals surface area contributed by atoms with Crippen LogP contribution in [-0.4, -0.2) is 57.4 Å². The molecule has 1 amide bonds. The number of sulfone groups is 1. The molecule has 1 fully saturated rings. The van der Waals surface area contributed by atoms with Crippen molar-refractivity contribution in [2.45, 2.75) is 34.3 Å². The number of amides is 1. The zero-order valence-electron chi connectivity index (χ0n) is 18.7. The number of carbonyl (C=O) groups excluding carboxylic acids is 1. The maximum atomic E-state index is 12.5. The van der Waals surface area contributed by atoms with E-state index in [4.69, 9.17) is 0 Å². The molecule has 182 valence electrons. The van der Waals surface area contributed by atoms with Gasteiger partial charge in [0, 0.05) is 6.04 Å². The monoisotopic (exact) mass is 545 g/mol. The molecule has 0 aliphatic carbocycles. The summed E-state index contributed by atoms with van der Waals surface area (Å²) in [4.78, 5) is 17.2. The zero-order chi connectivity index (χ0) is 24.3. The molecule has 4 aromatic rings. The van der Waals surface area contributed by atoms with Crippen LogP contribution in [0.5, 0.6) is 0 Å². The van der Waals surface area contributed by atoms with E-state index in [0.29, 0.717) is 23.9 Å². The highest BCUT2D eigenvalue weighted by molar-refractivity contribution is 8.00. The van der Waals surface area contributed by atoms with Crippen molar-refractivity contribution in [3.8, 4) is 0 Å². The first-order valence-corrected chi connectivity index (χ1v) is 15.6. The van der Waals surface area contributed by atoms with Crippen molar-refractivity contribution in [3.63, 3.8) is 0 Å². The summed E-state index contributed by atoms with van der Waals surface area (Å²) in [6, 6.07) is 17.8. The Morgan fingerprint density at radius 3 is 2.66 bits per heavy atom. The van der Waals surface area contributed by atoms with E-state index in [2.05, 4.69) is 26.6 Å². The van der Waals surface area contributed by atoms with Crippen molar-refractivity contribution in [2.75, 3.05) is 17.3 Å². The van der Waals surface area contributed by atoms with Crippen LogP contribution in [0.25, 0.3) is 10.2 Å². The molecule has 1 atom stereocenters. The Hall–Kier alpha value is -2.41. The Kier molecular flexibility index (Phi) is 7.42. The van der Waals surface area contributed by atoms with Crippen LogP contribution >= 0.6 is 34.9 Å². The van der Waals surface area contributed by atoms with E-state index < -0.39 is 9.84 Å². The second-order valence-corrected chi connectivity index (χ2v) is 13.6. The molecule has 12 heteroatoms. The van der Waals surface area contributed by atoms with Gasteiger partial charge in [0.05, 0.1) is 39.8 Å². The first kappa shape index (κ1) is 24.3. The van der Waals surface area contributed by atoms with Crippen LogP contribution in [-0.2, 0) is 26.9 Å². The van der Waals surface area contributed by atoms with Gasteiger partial charge >= 0.3 is 0 Å². The molecule has 35 heavy (non-hydrogen) atoms. The summed E-state index contributed by atoms with van der Waals surface area (Å²) in [5.41, 5.74) is 2.10. The lowest BCUT2D eigenvalue weighted by Crippen LogP contribution is -2.36. The topological polar surface area (TPSA) is 107 Å². The molecule has 0 bridgehead atoms. The third-order valence-electron chi connectivity index (χ3n) is 5.51. The number of hydrogen-bond acceptors (Lipinski definition) is 9. The Bertz CT molecular complexity index is 1400. The second kappa shape index (κ2) is 10.7. The number of fused-ring (bicyclic) bond motifs is 1. The molecule has 1 N–H and O–H groups in total. The number of nitrogens with zero attached hydrogens (tertiary/aromatic N) is 4. The smallest absolute Gasteiger partial charge is 0.230 e. The predicted octanol–water partition coefficient (Wildman–Crippen LogP) is 3.62. The van der Waals surface area contributed by atoms with Gasteiger partial charge in [-0.1, -0.05) is 66.0 Å². The number of carbonyl (C=O) groups is 1. The number of thiazole rings is 1. The van der Waals surface area contributed by atoms with Crippen molar-refractivity contribution < 1.29 is 13.2 Å². The van der Waals surface area contributed by atoms with Gasteiger partial charge in [-0.05, 0) is 24.1 Å². The van der Waals surface area contributed by atoms with Crippen LogP contribution in [0.2, 0.25) is 0 Å². The molecule has 2 aromatic heterocycles. The third-order valence-corrected chi connectivity index (χ3v) is 10.4. The van der Waals surface area contributed by atoms with Crippen molar-refractivity contribution in [2.24, 2.45) is 0 Å². The molecule has 0 saturated carbocycles. The van der Waals surface area contributed by atoms with Crippen LogP contribution in [0.4, 0.5) is 0 Å². The van der Waals surface area contributed by atoms with E-state index >= 15 is 0 Å². The quantitative estimate of drug-likeness (QED) is 0.318. The Morgan fingerprint density at radius 1 is 1.09 bits per heavy atom. The molecule has 0 spiro atoms. The van der Waals surface area contributed by atoms with Gasteiger partial charge in [0.1, 0.15) is 5.82 Å². The van der Waals surface area contributed by atoms with Gasteiger partial charge < -0.3 is 9.88 Å². The average Bonchev–Trinajstić information content (AvgIpc) is 3.53. The van der Waals surface area contributed by atoms with Gasteiger partial charge in [-0.2, -0.15) is 0 Å². The minimum Gasteiger partial charge on any atom is -0.352 e. The fraction of sp³-hybridized carbons (Fsp3) is 0.304.